The highest BCUT2D eigenvalue weighted by Crippen LogP contribution is 2.58. The van der Waals surface area contributed by atoms with Crippen molar-refractivity contribution in [3.63, 3.8) is 0 Å². The molecule has 300 valence electrons. The minimum atomic E-state index is -0.606. The van der Waals surface area contributed by atoms with E-state index in [-0.39, 0.29) is 0 Å². The molecular formula is C61H40N2S. The van der Waals surface area contributed by atoms with Crippen LogP contribution in [-0.4, -0.2) is 4.57 Å². The lowest BCUT2D eigenvalue weighted by Crippen LogP contribution is -2.28. The molecule has 64 heavy (non-hydrogen) atoms. The number of thiophene rings is 1. The van der Waals surface area contributed by atoms with Crippen molar-refractivity contribution >= 4 is 70.4 Å². The summed E-state index contributed by atoms with van der Waals surface area (Å²) >= 11 is 1.86. The molecule has 1 unspecified atom stereocenters. The van der Waals surface area contributed by atoms with Crippen molar-refractivity contribution in [3.05, 3.63) is 265 Å². The molecule has 12 aromatic rings. The van der Waals surface area contributed by atoms with Crippen molar-refractivity contribution in [1.29, 1.82) is 0 Å². The Bertz CT molecular complexity index is 3720. The highest BCUT2D eigenvalue weighted by Gasteiger charge is 2.46. The van der Waals surface area contributed by atoms with Crippen LogP contribution in [0.15, 0.2) is 243 Å². The van der Waals surface area contributed by atoms with Crippen molar-refractivity contribution in [2.45, 2.75) is 5.41 Å². The zero-order valence-corrected chi connectivity index (χ0v) is 35.7. The monoisotopic (exact) mass is 832 g/mol. The standard InChI is InChI=1S/C61H40N2S/c1-4-16-41(17-5-1)42-28-31-46(32-29-42)62(48-34-36-53-52-24-12-15-27-59(52)64-60(53)40-48)47-33-35-50-49-22-10-13-25-55(49)61(56(50)39-47,43-18-6-2-7-19-43)44-30-37-58-54(38-44)51-23-11-14-26-57(51)63(58)45-20-8-3-9-21-45/h1-40H. The number of para-hydroxylation sites is 2. The molecule has 2 aromatic heterocycles. The van der Waals surface area contributed by atoms with E-state index in [0.717, 1.165) is 22.7 Å². The number of aromatic nitrogens is 1. The zero-order chi connectivity index (χ0) is 42.2. The molecule has 0 saturated carbocycles. The van der Waals surface area contributed by atoms with E-state index in [2.05, 4.69) is 252 Å². The van der Waals surface area contributed by atoms with E-state index >= 15 is 0 Å². The van der Waals surface area contributed by atoms with Crippen LogP contribution in [0.25, 0.3) is 69.9 Å². The first kappa shape index (κ1) is 36.7. The van der Waals surface area contributed by atoms with Crippen molar-refractivity contribution in [2.75, 3.05) is 4.90 Å². The Hall–Kier alpha value is -7.98. The van der Waals surface area contributed by atoms with E-state index in [0.29, 0.717) is 0 Å². The van der Waals surface area contributed by atoms with Gasteiger partial charge in [-0.05, 0) is 117 Å². The van der Waals surface area contributed by atoms with Gasteiger partial charge in [-0.25, -0.2) is 0 Å². The van der Waals surface area contributed by atoms with Crippen molar-refractivity contribution < 1.29 is 0 Å². The fourth-order valence-electron chi connectivity index (χ4n) is 10.7. The van der Waals surface area contributed by atoms with Crippen molar-refractivity contribution in [1.82, 2.24) is 4.57 Å². The average molecular weight is 833 g/mol. The minimum absolute atomic E-state index is 0.606. The first-order chi connectivity index (χ1) is 31.7. The summed E-state index contributed by atoms with van der Waals surface area (Å²) in [7, 11) is 0. The van der Waals surface area contributed by atoms with E-state index in [1.807, 2.05) is 11.3 Å². The maximum Gasteiger partial charge on any atom is 0.0714 e. The number of hydrogen-bond donors (Lipinski definition) is 0. The molecular weight excluding hydrogens is 793 g/mol. The lowest BCUT2D eigenvalue weighted by molar-refractivity contribution is 0.770. The molecule has 0 fully saturated rings. The van der Waals surface area contributed by atoms with Crippen LogP contribution >= 0.6 is 11.3 Å². The van der Waals surface area contributed by atoms with Gasteiger partial charge in [0.1, 0.15) is 0 Å². The number of hydrogen-bond acceptors (Lipinski definition) is 2. The van der Waals surface area contributed by atoms with Crippen LogP contribution < -0.4 is 4.90 Å². The number of fused-ring (bicyclic) bond motifs is 9. The van der Waals surface area contributed by atoms with E-state index in [9.17, 15) is 0 Å². The van der Waals surface area contributed by atoms with Crippen LogP contribution in [0, 0.1) is 0 Å². The van der Waals surface area contributed by atoms with Crippen LogP contribution in [0.4, 0.5) is 17.1 Å². The summed E-state index contributed by atoms with van der Waals surface area (Å²) in [4.78, 5) is 2.45. The van der Waals surface area contributed by atoms with E-state index in [1.54, 1.807) is 0 Å². The van der Waals surface area contributed by atoms with Crippen LogP contribution in [0.5, 0.6) is 0 Å². The lowest BCUT2D eigenvalue weighted by Gasteiger charge is -2.35. The van der Waals surface area contributed by atoms with Gasteiger partial charge < -0.3 is 9.47 Å². The fourth-order valence-corrected chi connectivity index (χ4v) is 11.8. The van der Waals surface area contributed by atoms with Crippen LogP contribution in [0.1, 0.15) is 22.3 Å². The Morgan fingerprint density at radius 3 is 1.77 bits per heavy atom. The molecule has 0 amide bonds. The molecule has 2 heterocycles. The summed E-state index contributed by atoms with van der Waals surface area (Å²) in [6.07, 6.45) is 0. The van der Waals surface area contributed by atoms with Gasteiger partial charge in [0.15, 0.2) is 0 Å². The molecule has 2 nitrogen and oxygen atoms in total. The van der Waals surface area contributed by atoms with Gasteiger partial charge in [0.25, 0.3) is 0 Å². The Morgan fingerprint density at radius 1 is 0.344 bits per heavy atom. The quantitative estimate of drug-likeness (QED) is 0.155. The van der Waals surface area contributed by atoms with Gasteiger partial charge in [0.05, 0.1) is 16.4 Å². The molecule has 0 N–H and O–H groups in total. The molecule has 1 aliphatic rings. The molecule has 0 spiro atoms. The lowest BCUT2D eigenvalue weighted by atomic mass is 9.67. The average Bonchev–Trinajstić information content (AvgIpc) is 4.01. The van der Waals surface area contributed by atoms with Crippen LogP contribution in [0.2, 0.25) is 0 Å². The smallest absolute Gasteiger partial charge is 0.0714 e. The molecule has 13 rings (SSSR count). The summed E-state index contributed by atoms with van der Waals surface area (Å²) in [5.41, 5.74) is 16.3. The molecule has 0 saturated heterocycles. The van der Waals surface area contributed by atoms with Gasteiger partial charge in [-0.3, -0.25) is 0 Å². The largest absolute Gasteiger partial charge is 0.310 e. The summed E-state index contributed by atoms with van der Waals surface area (Å²) in [5.74, 6) is 0. The SMILES string of the molecule is c1ccc(-c2ccc(N(c3ccc4c(c3)C(c3ccccc3)(c3ccc5c(c3)c3ccccc3n5-c3ccccc3)c3ccccc3-4)c3ccc4c(c3)sc3ccccc34)cc2)cc1. The second-order valence-electron chi connectivity index (χ2n) is 16.8. The third-order valence-electron chi connectivity index (χ3n) is 13.5. The van der Waals surface area contributed by atoms with Gasteiger partial charge in [-0.2, -0.15) is 0 Å². The molecule has 1 atom stereocenters. The van der Waals surface area contributed by atoms with Gasteiger partial charge in [-0.15, -0.1) is 11.3 Å². The summed E-state index contributed by atoms with van der Waals surface area (Å²) in [6.45, 7) is 0. The van der Waals surface area contributed by atoms with E-state index in [4.69, 9.17) is 0 Å². The molecule has 3 heteroatoms. The predicted octanol–water partition coefficient (Wildman–Crippen LogP) is 16.7. The Morgan fingerprint density at radius 2 is 0.938 bits per heavy atom. The number of benzene rings is 10. The maximum absolute atomic E-state index is 2.49. The van der Waals surface area contributed by atoms with Crippen LogP contribution in [-0.2, 0) is 5.41 Å². The molecule has 0 radical (unpaired) electrons. The third-order valence-corrected chi connectivity index (χ3v) is 14.6. The zero-order valence-electron chi connectivity index (χ0n) is 34.9. The summed E-state index contributed by atoms with van der Waals surface area (Å²) in [5, 5.41) is 5.08. The second-order valence-corrected chi connectivity index (χ2v) is 17.9. The number of anilines is 3. The minimum Gasteiger partial charge on any atom is -0.310 e. The number of nitrogens with zero attached hydrogens (tertiary/aromatic N) is 2. The highest BCUT2D eigenvalue weighted by molar-refractivity contribution is 7.25. The Labute approximate surface area is 376 Å². The highest BCUT2D eigenvalue weighted by atomic mass is 32.1. The number of rotatable bonds is 7. The molecule has 1 aliphatic carbocycles. The van der Waals surface area contributed by atoms with E-state index in [1.165, 1.54) is 86.5 Å². The van der Waals surface area contributed by atoms with Gasteiger partial charge in [-0.1, -0.05) is 170 Å². The predicted molar refractivity (Wildman–Crippen MR) is 271 cm³/mol. The summed E-state index contributed by atoms with van der Waals surface area (Å²) < 4.78 is 4.99. The summed E-state index contributed by atoms with van der Waals surface area (Å²) in [6, 6.07) is 89.7. The Balaban J connectivity index is 1.07. The first-order valence-corrected chi connectivity index (χ1v) is 22.8. The van der Waals surface area contributed by atoms with Gasteiger partial charge in [0, 0.05) is 53.7 Å². The van der Waals surface area contributed by atoms with Crippen LogP contribution in [0.3, 0.4) is 0 Å². The fraction of sp³-hybridized carbons (Fsp3) is 0.0164. The normalized spacial score (nSPS) is 14.3. The topological polar surface area (TPSA) is 8.17 Å². The molecule has 0 aliphatic heterocycles. The van der Waals surface area contributed by atoms with Gasteiger partial charge in [0.2, 0.25) is 0 Å². The molecule has 0 bridgehead atoms. The van der Waals surface area contributed by atoms with Gasteiger partial charge >= 0.3 is 0 Å². The van der Waals surface area contributed by atoms with Crippen molar-refractivity contribution in [3.8, 4) is 27.9 Å². The Kier molecular flexibility index (Phi) is 8.34. The van der Waals surface area contributed by atoms with E-state index < -0.39 is 5.41 Å². The van der Waals surface area contributed by atoms with Crippen molar-refractivity contribution in [2.24, 2.45) is 0 Å². The first-order valence-electron chi connectivity index (χ1n) is 22.0. The maximum atomic E-state index is 2.49. The molecule has 10 aromatic carbocycles. The second kappa shape index (κ2) is 14.6. The third kappa shape index (κ3) is 5.51.